The van der Waals surface area contributed by atoms with Crippen molar-refractivity contribution in [3.8, 4) is 5.75 Å². The number of hydrazone groups is 1. The van der Waals surface area contributed by atoms with E-state index in [1.165, 1.54) is 11.8 Å². The van der Waals surface area contributed by atoms with Crippen LogP contribution in [0.2, 0.25) is 5.02 Å². The third kappa shape index (κ3) is 3.10. The summed E-state index contributed by atoms with van der Waals surface area (Å²) >= 11 is 7.64. The SMILES string of the molecule is O=C1NC2(Oc3ccccc3C3CC(c4ccccc4)=NN32)SC1=Cc1ccccc1Cl. The Morgan fingerprint density at radius 3 is 2.66 bits per heavy atom. The van der Waals surface area contributed by atoms with E-state index < -0.39 is 5.18 Å². The second kappa shape index (κ2) is 7.43. The maximum atomic E-state index is 13.0. The molecule has 0 bridgehead atoms. The van der Waals surface area contributed by atoms with Crippen LogP contribution < -0.4 is 10.1 Å². The van der Waals surface area contributed by atoms with Gasteiger partial charge in [-0.1, -0.05) is 78.3 Å². The minimum absolute atomic E-state index is 0.0392. The smallest absolute Gasteiger partial charge is 0.336 e. The average molecular weight is 460 g/mol. The van der Waals surface area contributed by atoms with Gasteiger partial charge in [0.1, 0.15) is 5.75 Å². The molecule has 1 amide bonds. The van der Waals surface area contributed by atoms with Gasteiger partial charge < -0.3 is 4.74 Å². The Hall–Kier alpha value is -3.22. The molecule has 5 nitrogen and oxygen atoms in total. The molecule has 1 N–H and O–H groups in total. The average Bonchev–Trinajstić information content (AvgIpc) is 3.39. The van der Waals surface area contributed by atoms with Crippen molar-refractivity contribution in [2.24, 2.45) is 5.10 Å². The van der Waals surface area contributed by atoms with Crippen molar-refractivity contribution in [2.75, 3.05) is 0 Å². The first-order valence-corrected chi connectivity index (χ1v) is 11.5. The summed E-state index contributed by atoms with van der Waals surface area (Å²) in [6, 6.07) is 25.5. The molecule has 0 radical (unpaired) electrons. The zero-order valence-corrected chi connectivity index (χ0v) is 18.4. The number of nitrogens with one attached hydrogen (secondary N) is 1. The van der Waals surface area contributed by atoms with Gasteiger partial charge >= 0.3 is 5.18 Å². The van der Waals surface area contributed by atoms with E-state index in [9.17, 15) is 4.79 Å². The molecule has 0 aromatic heterocycles. The first-order chi connectivity index (χ1) is 15.6. The standard InChI is InChI=1S/C25H18ClN3O2S/c26-19-12-6-4-10-17(19)14-23-24(30)27-25(32-23)29-21(18-11-5-7-13-22(18)31-25)15-20(28-29)16-8-2-1-3-9-16/h1-14,21H,15H2,(H,27,30). The molecule has 158 valence electrons. The highest BCUT2D eigenvalue weighted by Gasteiger charge is 2.57. The number of ether oxygens (including phenoxy) is 1. The number of benzene rings is 3. The predicted octanol–water partition coefficient (Wildman–Crippen LogP) is 5.40. The predicted molar refractivity (Wildman–Crippen MR) is 127 cm³/mol. The summed E-state index contributed by atoms with van der Waals surface area (Å²) in [6.07, 6.45) is 2.53. The fraction of sp³-hybridized carbons (Fsp3) is 0.120. The van der Waals surface area contributed by atoms with Gasteiger partial charge in [0.25, 0.3) is 5.91 Å². The largest absolute Gasteiger partial charge is 0.439 e. The van der Waals surface area contributed by atoms with E-state index in [1.54, 1.807) is 6.08 Å². The first-order valence-electron chi connectivity index (χ1n) is 10.3. The van der Waals surface area contributed by atoms with E-state index in [0.29, 0.717) is 9.93 Å². The fourth-order valence-corrected chi connectivity index (χ4v) is 5.63. The van der Waals surface area contributed by atoms with Crippen molar-refractivity contribution in [3.63, 3.8) is 0 Å². The molecule has 3 heterocycles. The number of nitrogens with zero attached hydrogens (tertiary/aromatic N) is 2. The summed E-state index contributed by atoms with van der Waals surface area (Å²) < 4.78 is 6.42. The van der Waals surface area contributed by atoms with Crippen LogP contribution in [0.25, 0.3) is 6.08 Å². The molecular weight excluding hydrogens is 442 g/mol. The van der Waals surface area contributed by atoms with Crippen LogP contribution in [0.15, 0.2) is 88.9 Å². The Kier molecular flexibility index (Phi) is 4.52. The van der Waals surface area contributed by atoms with Crippen LogP contribution >= 0.6 is 23.4 Å². The molecule has 1 spiro atoms. The first kappa shape index (κ1) is 19.5. The van der Waals surface area contributed by atoms with Crippen molar-refractivity contribution in [1.82, 2.24) is 10.3 Å². The summed E-state index contributed by atoms with van der Waals surface area (Å²) in [4.78, 5) is 13.5. The summed E-state index contributed by atoms with van der Waals surface area (Å²) in [5.74, 6) is 0.543. The lowest BCUT2D eigenvalue weighted by Crippen LogP contribution is -2.58. The summed E-state index contributed by atoms with van der Waals surface area (Å²) in [6.45, 7) is 0. The van der Waals surface area contributed by atoms with E-state index in [-0.39, 0.29) is 11.9 Å². The number of carbonyl (C=O) groups excluding carboxylic acids is 1. The molecule has 6 rings (SSSR count). The molecule has 3 aromatic rings. The highest BCUT2D eigenvalue weighted by Crippen LogP contribution is 2.53. The monoisotopic (exact) mass is 459 g/mol. The minimum atomic E-state index is -1.15. The lowest BCUT2D eigenvalue weighted by atomic mass is 9.97. The number of hydrogen-bond acceptors (Lipinski definition) is 5. The topological polar surface area (TPSA) is 53.9 Å². The van der Waals surface area contributed by atoms with Crippen LogP contribution in [0.3, 0.4) is 0 Å². The molecule has 32 heavy (non-hydrogen) atoms. The maximum absolute atomic E-state index is 13.0. The van der Waals surface area contributed by atoms with Crippen LogP contribution in [0, 0.1) is 0 Å². The van der Waals surface area contributed by atoms with Crippen LogP contribution in [-0.4, -0.2) is 21.8 Å². The van der Waals surface area contributed by atoms with Crippen molar-refractivity contribution in [3.05, 3.63) is 105 Å². The number of halogens is 1. The highest BCUT2D eigenvalue weighted by atomic mass is 35.5. The summed E-state index contributed by atoms with van der Waals surface area (Å²) in [5.41, 5.74) is 3.88. The molecule has 3 aliphatic rings. The van der Waals surface area contributed by atoms with Gasteiger partial charge in [-0.3, -0.25) is 10.1 Å². The Balaban J connectivity index is 1.44. The van der Waals surface area contributed by atoms with Crippen LogP contribution in [0.4, 0.5) is 0 Å². The van der Waals surface area contributed by atoms with Crippen LogP contribution in [0.1, 0.15) is 29.2 Å². The van der Waals surface area contributed by atoms with Gasteiger partial charge in [0.15, 0.2) is 0 Å². The molecule has 1 saturated heterocycles. The van der Waals surface area contributed by atoms with E-state index in [2.05, 4.69) is 23.5 Å². The summed E-state index contributed by atoms with van der Waals surface area (Å²) in [5, 5.41) is 9.33. The number of hydrogen-bond donors (Lipinski definition) is 1. The van der Waals surface area contributed by atoms with Gasteiger partial charge in [-0.05, 0) is 41.1 Å². The number of carbonyl (C=O) groups is 1. The summed E-state index contributed by atoms with van der Waals surface area (Å²) in [7, 11) is 0. The second-order valence-electron chi connectivity index (χ2n) is 7.79. The van der Waals surface area contributed by atoms with E-state index in [0.717, 1.165) is 34.6 Å². The van der Waals surface area contributed by atoms with Gasteiger partial charge in [-0.25, -0.2) is 5.01 Å². The normalized spacial score (nSPS) is 24.7. The Morgan fingerprint density at radius 2 is 1.81 bits per heavy atom. The lowest BCUT2D eigenvalue weighted by Gasteiger charge is -2.43. The Morgan fingerprint density at radius 1 is 1.06 bits per heavy atom. The van der Waals surface area contributed by atoms with Gasteiger partial charge in [0.2, 0.25) is 0 Å². The van der Waals surface area contributed by atoms with E-state index >= 15 is 0 Å². The number of thioether (sulfide) groups is 1. The molecule has 1 fully saturated rings. The van der Waals surface area contributed by atoms with E-state index in [1.807, 2.05) is 65.7 Å². The van der Waals surface area contributed by atoms with Crippen molar-refractivity contribution >= 4 is 41.1 Å². The van der Waals surface area contributed by atoms with Crippen molar-refractivity contribution < 1.29 is 9.53 Å². The second-order valence-corrected chi connectivity index (χ2v) is 9.39. The fourth-order valence-electron chi connectivity index (χ4n) is 4.28. The Labute approximate surface area is 194 Å². The number of amides is 1. The van der Waals surface area contributed by atoms with E-state index in [4.69, 9.17) is 21.4 Å². The molecular formula is C25H18ClN3O2S. The number of rotatable bonds is 2. The molecule has 0 aliphatic carbocycles. The molecule has 2 atom stereocenters. The lowest BCUT2D eigenvalue weighted by molar-refractivity contribution is -0.127. The molecule has 2 unspecified atom stereocenters. The number of para-hydroxylation sites is 1. The Bertz CT molecular complexity index is 1290. The maximum Gasteiger partial charge on any atom is 0.336 e. The quantitative estimate of drug-likeness (QED) is 0.521. The zero-order valence-electron chi connectivity index (χ0n) is 16.9. The van der Waals surface area contributed by atoms with Gasteiger partial charge in [-0.15, -0.1) is 0 Å². The molecule has 3 aromatic carbocycles. The molecule has 3 aliphatic heterocycles. The van der Waals surface area contributed by atoms with Crippen LogP contribution in [-0.2, 0) is 4.79 Å². The van der Waals surface area contributed by atoms with Crippen molar-refractivity contribution in [2.45, 2.75) is 17.6 Å². The minimum Gasteiger partial charge on any atom is -0.439 e. The third-order valence-corrected chi connectivity index (χ3v) is 7.30. The molecule has 0 saturated carbocycles. The zero-order chi connectivity index (χ0) is 21.7. The third-order valence-electron chi connectivity index (χ3n) is 5.78. The highest BCUT2D eigenvalue weighted by molar-refractivity contribution is 8.05. The molecule has 7 heteroatoms. The van der Waals surface area contributed by atoms with Gasteiger partial charge in [0, 0.05) is 17.0 Å². The number of fused-ring (bicyclic) bond motifs is 4. The van der Waals surface area contributed by atoms with Crippen molar-refractivity contribution in [1.29, 1.82) is 0 Å². The van der Waals surface area contributed by atoms with Gasteiger partial charge in [0.05, 0.1) is 16.7 Å². The van der Waals surface area contributed by atoms with Crippen LogP contribution in [0.5, 0.6) is 5.75 Å². The van der Waals surface area contributed by atoms with Gasteiger partial charge in [-0.2, -0.15) is 5.10 Å².